The predicted octanol–water partition coefficient (Wildman–Crippen LogP) is 2.80. The number of nitrogens with zero attached hydrogens (tertiary/aromatic N) is 4. The van der Waals surface area contributed by atoms with Crippen LogP contribution in [0, 0.1) is 0 Å². The average molecular weight is 311 g/mol. The van der Waals surface area contributed by atoms with Gasteiger partial charge in [-0.3, -0.25) is 0 Å². The molecule has 0 amide bonds. The smallest absolute Gasteiger partial charge is 0.209 e. The van der Waals surface area contributed by atoms with Crippen LogP contribution in [0.3, 0.4) is 0 Å². The van der Waals surface area contributed by atoms with Gasteiger partial charge in [0.1, 0.15) is 0 Å². The monoisotopic (exact) mass is 310 g/mol. The first-order valence-electron chi connectivity index (χ1n) is 6.57. The van der Waals surface area contributed by atoms with Crippen molar-refractivity contribution in [2.75, 3.05) is 6.61 Å². The lowest BCUT2D eigenvalue weighted by atomic mass is 10.2. The van der Waals surface area contributed by atoms with E-state index in [0.29, 0.717) is 0 Å². The van der Waals surface area contributed by atoms with E-state index in [9.17, 15) is 0 Å². The van der Waals surface area contributed by atoms with E-state index in [-0.39, 0.29) is 6.10 Å². The van der Waals surface area contributed by atoms with Gasteiger partial charge < -0.3 is 4.74 Å². The van der Waals surface area contributed by atoms with Crippen molar-refractivity contribution in [1.29, 1.82) is 0 Å². The van der Waals surface area contributed by atoms with E-state index in [1.165, 1.54) is 0 Å². The summed E-state index contributed by atoms with van der Waals surface area (Å²) in [7, 11) is 0. The molecule has 1 atom stereocenters. The SMILES string of the molecule is Clc1ccccc1CSc1nnnn1CC1CCCO1. The maximum Gasteiger partial charge on any atom is 0.209 e. The summed E-state index contributed by atoms with van der Waals surface area (Å²) >= 11 is 7.74. The Morgan fingerprint density at radius 3 is 3.10 bits per heavy atom. The van der Waals surface area contributed by atoms with E-state index >= 15 is 0 Å². The molecular formula is C13H15ClN4OS. The van der Waals surface area contributed by atoms with Gasteiger partial charge in [-0.25, -0.2) is 4.68 Å². The van der Waals surface area contributed by atoms with Crippen molar-refractivity contribution in [3.05, 3.63) is 34.9 Å². The zero-order valence-corrected chi connectivity index (χ0v) is 12.5. The van der Waals surface area contributed by atoms with E-state index in [1.54, 1.807) is 11.8 Å². The molecule has 0 radical (unpaired) electrons. The van der Waals surface area contributed by atoms with E-state index in [1.807, 2.05) is 28.9 Å². The summed E-state index contributed by atoms with van der Waals surface area (Å²) in [5.41, 5.74) is 1.09. The molecule has 0 spiro atoms. The van der Waals surface area contributed by atoms with Crippen LogP contribution in [0.25, 0.3) is 0 Å². The van der Waals surface area contributed by atoms with Gasteiger partial charge in [0.15, 0.2) is 0 Å². The minimum absolute atomic E-state index is 0.234. The number of ether oxygens (including phenoxy) is 1. The first-order valence-corrected chi connectivity index (χ1v) is 7.93. The van der Waals surface area contributed by atoms with Crippen LogP contribution in [0.15, 0.2) is 29.4 Å². The van der Waals surface area contributed by atoms with Crippen LogP contribution in [0.2, 0.25) is 5.02 Å². The molecule has 2 heterocycles. The van der Waals surface area contributed by atoms with Gasteiger partial charge in [0.05, 0.1) is 12.6 Å². The summed E-state index contributed by atoms with van der Waals surface area (Å²) in [5.74, 6) is 0.756. The van der Waals surface area contributed by atoms with Gasteiger partial charge in [0.2, 0.25) is 5.16 Å². The van der Waals surface area contributed by atoms with Crippen molar-refractivity contribution in [1.82, 2.24) is 20.2 Å². The number of hydrogen-bond acceptors (Lipinski definition) is 5. The van der Waals surface area contributed by atoms with Gasteiger partial charge in [-0.15, -0.1) is 5.10 Å². The molecule has 5 nitrogen and oxygen atoms in total. The van der Waals surface area contributed by atoms with Crippen molar-refractivity contribution in [2.45, 2.75) is 36.4 Å². The fourth-order valence-corrected chi connectivity index (χ4v) is 3.33. The second-order valence-electron chi connectivity index (χ2n) is 4.66. The van der Waals surface area contributed by atoms with Crippen molar-refractivity contribution < 1.29 is 4.74 Å². The highest BCUT2D eigenvalue weighted by Crippen LogP contribution is 2.25. The van der Waals surface area contributed by atoms with E-state index in [0.717, 1.165) is 47.5 Å². The lowest BCUT2D eigenvalue weighted by molar-refractivity contribution is 0.0912. The van der Waals surface area contributed by atoms with Gasteiger partial charge in [-0.2, -0.15) is 0 Å². The van der Waals surface area contributed by atoms with Gasteiger partial charge in [-0.1, -0.05) is 41.6 Å². The van der Waals surface area contributed by atoms with Crippen LogP contribution >= 0.6 is 23.4 Å². The molecule has 106 valence electrons. The third-order valence-corrected chi connectivity index (χ3v) is 4.59. The number of halogens is 1. The normalized spacial score (nSPS) is 18.6. The molecule has 20 heavy (non-hydrogen) atoms. The average Bonchev–Trinajstić information content (AvgIpc) is 3.10. The third-order valence-electron chi connectivity index (χ3n) is 3.21. The Hall–Kier alpha value is -1.11. The van der Waals surface area contributed by atoms with Crippen molar-refractivity contribution in [3.63, 3.8) is 0 Å². The minimum Gasteiger partial charge on any atom is -0.376 e. The summed E-state index contributed by atoms with van der Waals surface area (Å²) in [6, 6.07) is 7.82. The maximum atomic E-state index is 6.15. The zero-order valence-electron chi connectivity index (χ0n) is 10.9. The molecule has 1 saturated heterocycles. The lowest BCUT2D eigenvalue weighted by Crippen LogP contribution is -2.16. The quantitative estimate of drug-likeness (QED) is 0.795. The fraction of sp³-hybridized carbons (Fsp3) is 0.462. The Labute approximate surface area is 126 Å². The Morgan fingerprint density at radius 1 is 1.40 bits per heavy atom. The Bertz CT molecular complexity index is 571. The molecule has 3 rings (SSSR count). The number of hydrogen-bond donors (Lipinski definition) is 0. The predicted molar refractivity (Wildman–Crippen MR) is 77.8 cm³/mol. The standard InChI is InChI=1S/C13H15ClN4OS/c14-12-6-2-1-4-10(12)9-20-13-15-16-17-18(13)8-11-5-3-7-19-11/h1-2,4,6,11H,3,5,7-9H2. The molecule has 1 unspecified atom stereocenters. The minimum atomic E-state index is 0.234. The van der Waals surface area contributed by atoms with Crippen LogP contribution in [0.4, 0.5) is 0 Å². The van der Waals surface area contributed by atoms with Crippen molar-refractivity contribution >= 4 is 23.4 Å². The first kappa shape index (κ1) is 13.9. The Morgan fingerprint density at radius 2 is 2.30 bits per heavy atom. The van der Waals surface area contributed by atoms with Crippen LogP contribution in [-0.2, 0) is 17.0 Å². The second-order valence-corrected chi connectivity index (χ2v) is 6.01. The van der Waals surface area contributed by atoms with Crippen LogP contribution in [0.1, 0.15) is 18.4 Å². The molecule has 1 fully saturated rings. The molecule has 1 aromatic carbocycles. The second kappa shape index (κ2) is 6.56. The number of aromatic nitrogens is 4. The summed E-state index contributed by atoms with van der Waals surface area (Å²) in [6.07, 6.45) is 2.43. The molecular weight excluding hydrogens is 296 g/mol. The number of thioether (sulfide) groups is 1. The summed E-state index contributed by atoms with van der Waals surface area (Å²) in [4.78, 5) is 0. The van der Waals surface area contributed by atoms with Crippen molar-refractivity contribution in [3.8, 4) is 0 Å². The molecule has 0 saturated carbocycles. The van der Waals surface area contributed by atoms with Crippen LogP contribution in [0.5, 0.6) is 0 Å². The molecule has 2 aromatic rings. The number of tetrazole rings is 1. The highest BCUT2D eigenvalue weighted by Gasteiger charge is 2.19. The highest BCUT2D eigenvalue weighted by molar-refractivity contribution is 7.98. The van der Waals surface area contributed by atoms with Crippen molar-refractivity contribution in [2.24, 2.45) is 0 Å². The Balaban J connectivity index is 1.63. The summed E-state index contributed by atoms with van der Waals surface area (Å²) in [5, 5.41) is 13.4. The number of rotatable bonds is 5. The molecule has 0 N–H and O–H groups in total. The van der Waals surface area contributed by atoms with Crippen LogP contribution in [-0.4, -0.2) is 32.9 Å². The third kappa shape index (κ3) is 3.31. The van der Waals surface area contributed by atoms with E-state index in [4.69, 9.17) is 16.3 Å². The van der Waals surface area contributed by atoms with Crippen LogP contribution < -0.4 is 0 Å². The molecule has 0 aliphatic carbocycles. The van der Waals surface area contributed by atoms with Gasteiger partial charge in [-0.05, 0) is 34.9 Å². The summed E-state index contributed by atoms with van der Waals surface area (Å²) < 4.78 is 7.43. The maximum absolute atomic E-state index is 6.15. The zero-order chi connectivity index (χ0) is 13.8. The van der Waals surface area contributed by atoms with Gasteiger partial charge in [0, 0.05) is 17.4 Å². The first-order chi connectivity index (χ1) is 9.83. The van der Waals surface area contributed by atoms with E-state index in [2.05, 4.69) is 15.5 Å². The molecule has 1 aromatic heterocycles. The largest absolute Gasteiger partial charge is 0.376 e. The van der Waals surface area contributed by atoms with Gasteiger partial charge in [0.25, 0.3) is 0 Å². The molecule has 0 bridgehead atoms. The summed E-state index contributed by atoms with van der Waals surface area (Å²) in [6.45, 7) is 1.56. The fourth-order valence-electron chi connectivity index (χ4n) is 2.15. The number of benzene rings is 1. The van der Waals surface area contributed by atoms with E-state index < -0.39 is 0 Å². The Kier molecular flexibility index (Phi) is 4.54. The topological polar surface area (TPSA) is 52.8 Å². The highest BCUT2D eigenvalue weighted by atomic mass is 35.5. The molecule has 1 aliphatic heterocycles. The molecule has 7 heteroatoms. The lowest BCUT2D eigenvalue weighted by Gasteiger charge is -2.10. The van der Waals surface area contributed by atoms with Gasteiger partial charge >= 0.3 is 0 Å². The molecule has 1 aliphatic rings.